The fraction of sp³-hybridized carbons (Fsp3) is 0.379. The zero-order valence-electron chi connectivity index (χ0n) is 21.6. The van der Waals surface area contributed by atoms with Gasteiger partial charge in [-0.25, -0.2) is 13.2 Å². The molecule has 0 radical (unpaired) electrons. The predicted molar refractivity (Wildman–Crippen MR) is 142 cm³/mol. The van der Waals surface area contributed by atoms with E-state index in [4.69, 9.17) is 9.84 Å². The molecule has 6 rings (SSSR count). The average molecular weight is 553 g/mol. The van der Waals surface area contributed by atoms with E-state index in [0.717, 1.165) is 19.4 Å². The van der Waals surface area contributed by atoms with Crippen molar-refractivity contribution >= 4 is 27.6 Å². The normalized spacial score (nSPS) is 20.8. The van der Waals surface area contributed by atoms with Gasteiger partial charge >= 0.3 is 5.97 Å². The van der Waals surface area contributed by atoms with Crippen LogP contribution in [0, 0.1) is 11.6 Å². The van der Waals surface area contributed by atoms with E-state index in [9.17, 15) is 18.4 Å². The van der Waals surface area contributed by atoms with Crippen molar-refractivity contribution in [3.63, 3.8) is 0 Å². The molecule has 4 heterocycles. The molecule has 2 fully saturated rings. The summed E-state index contributed by atoms with van der Waals surface area (Å²) in [4.78, 5) is 36.9. The van der Waals surface area contributed by atoms with Gasteiger partial charge < -0.3 is 9.84 Å². The predicted octanol–water partition coefficient (Wildman–Crippen LogP) is 4.78. The maximum Gasteiger partial charge on any atom is 0.303 e. The van der Waals surface area contributed by atoms with Crippen LogP contribution in [0.2, 0.25) is 0 Å². The molecule has 0 amide bonds. The van der Waals surface area contributed by atoms with Crippen LogP contribution in [0.4, 0.5) is 13.2 Å². The molecule has 2 atom stereocenters. The van der Waals surface area contributed by atoms with Crippen molar-refractivity contribution in [2.45, 2.75) is 50.2 Å². The number of fused-ring (bicyclic) bond motifs is 3. The third-order valence-corrected chi connectivity index (χ3v) is 8.08. The van der Waals surface area contributed by atoms with Gasteiger partial charge in [0.2, 0.25) is 0 Å². The van der Waals surface area contributed by atoms with E-state index in [1.807, 2.05) is 0 Å². The lowest BCUT2D eigenvalue weighted by atomic mass is 9.93. The Morgan fingerprint density at radius 2 is 2.10 bits per heavy atom. The van der Waals surface area contributed by atoms with Crippen LogP contribution in [-0.4, -0.2) is 62.3 Å². The van der Waals surface area contributed by atoms with Gasteiger partial charge in [-0.2, -0.15) is 4.98 Å². The summed E-state index contributed by atoms with van der Waals surface area (Å²) in [5.41, 5.74) is -0.914. The van der Waals surface area contributed by atoms with E-state index in [-0.39, 0.29) is 54.0 Å². The molecule has 0 aliphatic carbocycles. The molecular formula is C29H27F3N4O4. The van der Waals surface area contributed by atoms with Gasteiger partial charge in [0.15, 0.2) is 5.82 Å². The largest absolute Gasteiger partial charge is 0.481 e. The van der Waals surface area contributed by atoms with Gasteiger partial charge in [-0.3, -0.25) is 24.5 Å². The SMILES string of the molecule is O=C(O)CCCc1c(F)ccc2cccc(-c3ncc4c(=O)[nH]c(OC[C@@]56CCCN5C[C@H](F)C6)nc4c3F)c12. The number of carbonyl (C=O) groups is 1. The Morgan fingerprint density at radius 3 is 2.92 bits per heavy atom. The number of halogens is 3. The molecular weight excluding hydrogens is 525 g/mol. The highest BCUT2D eigenvalue weighted by molar-refractivity contribution is 5.99. The number of aromatic nitrogens is 3. The quantitative estimate of drug-likeness (QED) is 0.324. The summed E-state index contributed by atoms with van der Waals surface area (Å²) in [6, 6.07) is 7.75. The lowest BCUT2D eigenvalue weighted by molar-refractivity contribution is -0.137. The number of pyridine rings is 1. The number of aliphatic carboxylic acids is 1. The highest BCUT2D eigenvalue weighted by atomic mass is 19.1. The average Bonchev–Trinajstić information content (AvgIpc) is 3.44. The topological polar surface area (TPSA) is 108 Å². The Balaban J connectivity index is 1.40. The fourth-order valence-electron chi connectivity index (χ4n) is 6.24. The Bertz CT molecular complexity index is 1690. The highest BCUT2D eigenvalue weighted by Crippen LogP contribution is 2.40. The number of alkyl halides is 1. The number of H-pyrrole nitrogens is 1. The van der Waals surface area contributed by atoms with Crippen LogP contribution in [0.5, 0.6) is 6.01 Å². The number of hydrogen-bond acceptors (Lipinski definition) is 6. The monoisotopic (exact) mass is 552 g/mol. The van der Waals surface area contributed by atoms with E-state index < -0.39 is 34.9 Å². The van der Waals surface area contributed by atoms with Crippen molar-refractivity contribution in [1.29, 1.82) is 0 Å². The maximum absolute atomic E-state index is 16.1. The van der Waals surface area contributed by atoms with Crippen LogP contribution >= 0.6 is 0 Å². The van der Waals surface area contributed by atoms with Crippen LogP contribution in [0.25, 0.3) is 32.9 Å². The molecule has 2 saturated heterocycles. The molecule has 0 spiro atoms. The van der Waals surface area contributed by atoms with Gasteiger partial charge in [-0.1, -0.05) is 24.3 Å². The minimum atomic E-state index is -0.991. The number of benzene rings is 2. The first-order valence-electron chi connectivity index (χ1n) is 13.3. The molecule has 208 valence electrons. The summed E-state index contributed by atoms with van der Waals surface area (Å²) in [5.74, 6) is -2.39. The number of carboxylic acid groups (broad SMARTS) is 1. The standard InChI is InChI=1S/C29H27F3N4O4/c30-17-12-29(10-3-11-36(29)14-17)15-40-28-34-26-20(27(39)35-28)13-33-25(24(26)32)19-6-1-4-16-8-9-21(31)18(23(16)19)5-2-7-22(37)38/h1,4,6,8-9,13,17H,2-3,5,7,10-12,14-15H2,(H,37,38)(H,34,35,39)/t17-,29+/m1/s1. The molecule has 0 unspecified atom stereocenters. The highest BCUT2D eigenvalue weighted by Gasteiger charge is 2.49. The summed E-state index contributed by atoms with van der Waals surface area (Å²) in [7, 11) is 0. The molecule has 4 aromatic rings. The first-order valence-corrected chi connectivity index (χ1v) is 13.3. The van der Waals surface area contributed by atoms with Crippen LogP contribution < -0.4 is 10.3 Å². The van der Waals surface area contributed by atoms with E-state index in [0.29, 0.717) is 29.3 Å². The number of hydrogen-bond donors (Lipinski definition) is 2. The molecule has 2 aliphatic rings. The maximum atomic E-state index is 16.1. The van der Waals surface area contributed by atoms with Crippen molar-refractivity contribution in [2.75, 3.05) is 19.7 Å². The Hall–Kier alpha value is -3.99. The van der Waals surface area contributed by atoms with E-state index >= 15 is 4.39 Å². The van der Waals surface area contributed by atoms with Crippen LogP contribution in [0.3, 0.4) is 0 Å². The van der Waals surface area contributed by atoms with Crippen molar-refractivity contribution in [1.82, 2.24) is 19.9 Å². The molecule has 2 N–H and O–H groups in total. The van der Waals surface area contributed by atoms with E-state index in [1.54, 1.807) is 24.3 Å². The van der Waals surface area contributed by atoms with Crippen molar-refractivity contribution in [3.05, 3.63) is 64.1 Å². The minimum absolute atomic E-state index is 0.0768. The number of rotatable bonds is 8. The van der Waals surface area contributed by atoms with Gasteiger partial charge in [0.25, 0.3) is 11.6 Å². The van der Waals surface area contributed by atoms with Crippen LogP contribution in [0.1, 0.15) is 37.7 Å². The van der Waals surface area contributed by atoms with Crippen molar-refractivity contribution in [3.8, 4) is 17.3 Å². The zero-order valence-corrected chi connectivity index (χ0v) is 21.6. The zero-order chi connectivity index (χ0) is 28.0. The number of carboxylic acids is 1. The summed E-state index contributed by atoms with van der Waals surface area (Å²) in [6.45, 7) is 1.24. The molecule has 8 nitrogen and oxygen atoms in total. The fourth-order valence-corrected chi connectivity index (χ4v) is 6.24. The molecule has 2 aliphatic heterocycles. The number of aryl methyl sites for hydroxylation is 1. The first-order chi connectivity index (χ1) is 19.3. The van der Waals surface area contributed by atoms with Gasteiger partial charge in [-0.05, 0) is 54.6 Å². The molecule has 2 aromatic heterocycles. The first kappa shape index (κ1) is 26.2. The van der Waals surface area contributed by atoms with Crippen LogP contribution in [0.15, 0.2) is 41.3 Å². The van der Waals surface area contributed by atoms with Crippen LogP contribution in [-0.2, 0) is 11.2 Å². The lowest BCUT2D eigenvalue weighted by Gasteiger charge is -2.30. The summed E-state index contributed by atoms with van der Waals surface area (Å²) >= 11 is 0. The second kappa shape index (κ2) is 10.2. The second-order valence-electron chi connectivity index (χ2n) is 10.6. The molecule has 11 heteroatoms. The summed E-state index contributed by atoms with van der Waals surface area (Å²) < 4.78 is 51.0. The van der Waals surface area contributed by atoms with E-state index in [1.165, 1.54) is 12.3 Å². The molecule has 0 bridgehead atoms. The van der Waals surface area contributed by atoms with Gasteiger partial charge in [0, 0.05) is 31.1 Å². The number of ether oxygens (including phenoxy) is 1. The minimum Gasteiger partial charge on any atom is -0.481 e. The van der Waals surface area contributed by atoms with Crippen molar-refractivity contribution in [2.24, 2.45) is 0 Å². The Morgan fingerprint density at radius 1 is 1.25 bits per heavy atom. The third kappa shape index (κ3) is 4.57. The van der Waals surface area contributed by atoms with E-state index in [2.05, 4.69) is 19.9 Å². The second-order valence-corrected chi connectivity index (χ2v) is 10.6. The smallest absolute Gasteiger partial charge is 0.303 e. The van der Waals surface area contributed by atoms with Gasteiger partial charge in [0.1, 0.15) is 29.8 Å². The Labute approximate surface area is 226 Å². The number of nitrogens with zero attached hydrogens (tertiary/aromatic N) is 3. The Kier molecular flexibility index (Phi) is 6.69. The number of aromatic amines is 1. The molecule has 0 saturated carbocycles. The molecule has 40 heavy (non-hydrogen) atoms. The lowest BCUT2D eigenvalue weighted by Crippen LogP contribution is -2.43. The van der Waals surface area contributed by atoms with Gasteiger partial charge in [0.05, 0.1) is 10.9 Å². The molecule has 2 aromatic carbocycles. The number of nitrogens with one attached hydrogen (secondary N) is 1. The third-order valence-electron chi connectivity index (χ3n) is 8.08. The van der Waals surface area contributed by atoms with Gasteiger partial charge in [-0.15, -0.1) is 0 Å². The van der Waals surface area contributed by atoms with Crippen molar-refractivity contribution < 1.29 is 27.8 Å². The summed E-state index contributed by atoms with van der Waals surface area (Å²) in [6.07, 6.45) is 2.49. The summed E-state index contributed by atoms with van der Waals surface area (Å²) in [5, 5.41) is 10.0.